The van der Waals surface area contributed by atoms with Gasteiger partial charge in [0.05, 0.1) is 17.4 Å². The van der Waals surface area contributed by atoms with Gasteiger partial charge in [-0.15, -0.1) is 0 Å². The summed E-state index contributed by atoms with van der Waals surface area (Å²) in [6.45, 7) is 2.33. The van der Waals surface area contributed by atoms with Crippen molar-refractivity contribution in [2.45, 2.75) is 25.8 Å². The zero-order valence-corrected chi connectivity index (χ0v) is 16.3. The Balaban J connectivity index is 1.34. The van der Waals surface area contributed by atoms with Crippen LogP contribution in [0.15, 0.2) is 53.3 Å². The van der Waals surface area contributed by atoms with Crippen molar-refractivity contribution < 1.29 is 13.7 Å². The number of hydrogen-bond acceptors (Lipinski definition) is 5. The van der Waals surface area contributed by atoms with E-state index in [1.54, 1.807) is 18.5 Å². The summed E-state index contributed by atoms with van der Waals surface area (Å²) in [5.74, 6) is 0.510. The molecule has 0 bridgehead atoms. The van der Waals surface area contributed by atoms with Gasteiger partial charge < -0.3 is 14.0 Å². The van der Waals surface area contributed by atoms with Gasteiger partial charge in [-0.2, -0.15) is 4.98 Å². The highest BCUT2D eigenvalue weighted by Gasteiger charge is 2.18. The third-order valence-electron chi connectivity index (χ3n) is 5.40. The maximum Gasteiger partial charge on any atom is 0.258 e. The molecule has 0 atom stereocenters. The summed E-state index contributed by atoms with van der Waals surface area (Å²) < 4.78 is 20.7. The molecule has 2 aromatic heterocycles. The molecule has 0 saturated carbocycles. The van der Waals surface area contributed by atoms with Crippen molar-refractivity contribution in [1.29, 1.82) is 0 Å². The van der Waals surface area contributed by atoms with Crippen LogP contribution in [0.25, 0.3) is 33.9 Å². The summed E-state index contributed by atoms with van der Waals surface area (Å²) >= 11 is 0. The Bertz CT molecular complexity index is 1210. The maximum atomic E-state index is 13.4. The van der Waals surface area contributed by atoms with E-state index in [1.165, 1.54) is 12.1 Å². The normalized spacial score (nSPS) is 14.0. The zero-order valence-electron chi connectivity index (χ0n) is 16.3. The van der Waals surface area contributed by atoms with E-state index < -0.39 is 0 Å². The van der Waals surface area contributed by atoms with Crippen molar-refractivity contribution in [2.24, 2.45) is 0 Å². The molecule has 7 nitrogen and oxygen atoms in total. The van der Waals surface area contributed by atoms with Gasteiger partial charge in [0, 0.05) is 37.2 Å². The van der Waals surface area contributed by atoms with Gasteiger partial charge in [-0.25, -0.2) is 9.37 Å². The van der Waals surface area contributed by atoms with E-state index in [0.29, 0.717) is 24.4 Å². The molecule has 3 heterocycles. The average Bonchev–Trinajstić information content (AvgIpc) is 3.52. The molecule has 2 aromatic carbocycles. The highest BCUT2D eigenvalue weighted by Crippen LogP contribution is 2.25. The second-order valence-electron chi connectivity index (χ2n) is 7.41. The van der Waals surface area contributed by atoms with Crippen molar-refractivity contribution in [1.82, 2.24) is 24.6 Å². The van der Waals surface area contributed by atoms with Crippen LogP contribution >= 0.6 is 0 Å². The fraction of sp³-hybridized carbons (Fsp3) is 0.273. The molecule has 8 heteroatoms. The number of halogens is 1. The third kappa shape index (κ3) is 3.56. The van der Waals surface area contributed by atoms with E-state index in [-0.39, 0.29) is 17.6 Å². The molecule has 1 fully saturated rings. The van der Waals surface area contributed by atoms with Crippen molar-refractivity contribution in [3.63, 3.8) is 0 Å². The highest BCUT2D eigenvalue weighted by molar-refractivity contribution is 5.81. The Kier molecular flexibility index (Phi) is 4.74. The van der Waals surface area contributed by atoms with Crippen LogP contribution in [0.2, 0.25) is 0 Å². The van der Waals surface area contributed by atoms with Crippen LogP contribution in [-0.4, -0.2) is 43.6 Å². The summed E-state index contributed by atoms with van der Waals surface area (Å²) in [5.41, 5.74) is 3.02. The monoisotopic (exact) mass is 405 g/mol. The van der Waals surface area contributed by atoms with Crippen LogP contribution in [0.5, 0.6) is 0 Å². The molecule has 1 saturated heterocycles. The first kappa shape index (κ1) is 18.5. The molecule has 1 amide bonds. The average molecular weight is 405 g/mol. The predicted molar refractivity (Wildman–Crippen MR) is 109 cm³/mol. The molecule has 0 spiro atoms. The summed E-state index contributed by atoms with van der Waals surface area (Å²) in [5, 5.41) is 4.02. The summed E-state index contributed by atoms with van der Waals surface area (Å²) in [7, 11) is 0. The van der Waals surface area contributed by atoms with Gasteiger partial charge in [0.1, 0.15) is 5.82 Å². The molecule has 5 rings (SSSR count). The molecule has 4 aromatic rings. The number of carbonyl (C=O) groups is 1. The molecule has 0 N–H and O–H groups in total. The lowest BCUT2D eigenvalue weighted by molar-refractivity contribution is -0.130. The number of likely N-dealkylation sites (tertiary alicyclic amines) is 1. The molecule has 0 unspecified atom stereocenters. The second kappa shape index (κ2) is 7.70. The minimum Gasteiger partial charge on any atom is -0.343 e. The number of nitrogens with zero attached hydrogens (tertiary/aromatic N) is 5. The first-order valence-electron chi connectivity index (χ1n) is 10.00. The van der Waals surface area contributed by atoms with Gasteiger partial charge in [-0.1, -0.05) is 11.2 Å². The summed E-state index contributed by atoms with van der Waals surface area (Å²) in [6.07, 6.45) is 4.41. The van der Waals surface area contributed by atoms with Gasteiger partial charge in [-0.3, -0.25) is 4.79 Å². The van der Waals surface area contributed by atoms with Crippen molar-refractivity contribution >= 4 is 16.9 Å². The molecule has 1 aliphatic rings. The summed E-state index contributed by atoms with van der Waals surface area (Å²) in [6, 6.07) is 11.7. The number of amides is 1. The van der Waals surface area contributed by atoms with Crippen LogP contribution < -0.4 is 0 Å². The highest BCUT2D eigenvalue weighted by atomic mass is 19.1. The molecular formula is C22H20FN5O2. The minimum absolute atomic E-state index is 0.197. The fourth-order valence-electron chi connectivity index (χ4n) is 3.80. The Morgan fingerprint density at radius 2 is 1.97 bits per heavy atom. The van der Waals surface area contributed by atoms with Gasteiger partial charge in [0.15, 0.2) is 0 Å². The lowest BCUT2D eigenvalue weighted by Gasteiger charge is -2.15. The summed E-state index contributed by atoms with van der Waals surface area (Å²) in [4.78, 5) is 23.1. The number of imidazole rings is 1. The smallest absolute Gasteiger partial charge is 0.258 e. The van der Waals surface area contributed by atoms with E-state index in [1.807, 2.05) is 27.7 Å². The zero-order chi connectivity index (χ0) is 20.5. The Morgan fingerprint density at radius 3 is 2.80 bits per heavy atom. The van der Waals surface area contributed by atoms with Crippen LogP contribution in [0.1, 0.15) is 19.3 Å². The van der Waals surface area contributed by atoms with Gasteiger partial charge >= 0.3 is 0 Å². The quantitative estimate of drug-likeness (QED) is 0.503. The fourth-order valence-corrected chi connectivity index (χ4v) is 3.80. The van der Waals surface area contributed by atoms with E-state index in [0.717, 1.165) is 42.5 Å². The minimum atomic E-state index is -0.359. The molecule has 0 radical (unpaired) electrons. The second-order valence-corrected chi connectivity index (χ2v) is 7.41. The Labute approximate surface area is 172 Å². The van der Waals surface area contributed by atoms with Crippen molar-refractivity contribution in [2.75, 3.05) is 13.1 Å². The number of hydrogen-bond donors (Lipinski definition) is 0. The van der Waals surface area contributed by atoms with Crippen LogP contribution in [0.3, 0.4) is 0 Å². The van der Waals surface area contributed by atoms with Crippen LogP contribution in [-0.2, 0) is 11.3 Å². The standard InChI is InChI=1S/C22H20FN5O2/c23-17-5-3-4-16(12-17)22-25-21(26-30-22)15-6-7-19-18(13-15)24-14-28(19)11-8-20(29)27-9-1-2-10-27/h3-7,12-14H,1-2,8-11H2. The molecular weight excluding hydrogens is 385 g/mol. The van der Waals surface area contributed by atoms with E-state index in [2.05, 4.69) is 15.1 Å². The van der Waals surface area contributed by atoms with E-state index in [4.69, 9.17) is 4.52 Å². The SMILES string of the molecule is O=C(CCn1cnc2cc(-c3noc(-c4cccc(F)c4)n3)ccc21)N1CCCC1. The Morgan fingerprint density at radius 1 is 1.10 bits per heavy atom. The lowest BCUT2D eigenvalue weighted by Crippen LogP contribution is -2.28. The number of benzene rings is 2. The maximum absolute atomic E-state index is 13.4. The van der Waals surface area contributed by atoms with E-state index >= 15 is 0 Å². The first-order valence-corrected chi connectivity index (χ1v) is 10.00. The molecule has 0 aliphatic carbocycles. The van der Waals surface area contributed by atoms with Gasteiger partial charge in [0.25, 0.3) is 5.89 Å². The lowest BCUT2D eigenvalue weighted by atomic mass is 10.2. The largest absolute Gasteiger partial charge is 0.343 e. The topological polar surface area (TPSA) is 77.0 Å². The molecule has 1 aliphatic heterocycles. The number of fused-ring (bicyclic) bond motifs is 1. The van der Waals surface area contributed by atoms with Gasteiger partial charge in [-0.05, 0) is 49.2 Å². The van der Waals surface area contributed by atoms with Crippen molar-refractivity contribution in [3.8, 4) is 22.8 Å². The number of aryl methyl sites for hydroxylation is 1. The van der Waals surface area contributed by atoms with Crippen molar-refractivity contribution in [3.05, 3.63) is 54.6 Å². The van der Waals surface area contributed by atoms with E-state index in [9.17, 15) is 9.18 Å². The third-order valence-corrected chi connectivity index (χ3v) is 5.40. The Hall–Kier alpha value is -3.55. The number of rotatable bonds is 5. The molecule has 30 heavy (non-hydrogen) atoms. The predicted octanol–water partition coefficient (Wildman–Crippen LogP) is 3.90. The van der Waals surface area contributed by atoms with Gasteiger partial charge in [0.2, 0.25) is 11.7 Å². The molecule has 152 valence electrons. The number of carbonyl (C=O) groups excluding carboxylic acids is 1. The first-order chi connectivity index (χ1) is 14.7. The van der Waals surface area contributed by atoms with Crippen LogP contribution in [0.4, 0.5) is 4.39 Å². The van der Waals surface area contributed by atoms with Crippen LogP contribution in [0, 0.1) is 5.82 Å². The number of aromatic nitrogens is 4.